The number of ether oxygens (including phenoxy) is 3. The largest absolute Gasteiger partial charge is 0.469 e. The van der Waals surface area contributed by atoms with Crippen LogP contribution in [-0.4, -0.2) is 68.9 Å². The summed E-state index contributed by atoms with van der Waals surface area (Å²) in [5.41, 5.74) is 0.127. The van der Waals surface area contributed by atoms with Gasteiger partial charge < -0.3 is 19.3 Å². The van der Waals surface area contributed by atoms with Gasteiger partial charge in [-0.3, -0.25) is 9.59 Å². The predicted molar refractivity (Wildman–Crippen MR) is 126 cm³/mol. The van der Waals surface area contributed by atoms with Crippen molar-refractivity contribution in [3.05, 3.63) is 35.4 Å². The van der Waals surface area contributed by atoms with E-state index >= 15 is 0 Å². The zero-order chi connectivity index (χ0) is 26.2. The van der Waals surface area contributed by atoms with Crippen molar-refractivity contribution in [1.29, 1.82) is 0 Å². The Morgan fingerprint density at radius 3 is 2.03 bits per heavy atom. The van der Waals surface area contributed by atoms with E-state index in [0.717, 1.165) is 5.56 Å². The lowest BCUT2D eigenvalue weighted by molar-refractivity contribution is -0.155. The summed E-state index contributed by atoms with van der Waals surface area (Å²) in [5, 5.41) is 9.21. The third kappa shape index (κ3) is 7.02. The second-order valence-corrected chi connectivity index (χ2v) is 11.4. The van der Waals surface area contributed by atoms with Crippen molar-refractivity contribution in [2.45, 2.75) is 58.1 Å². The van der Waals surface area contributed by atoms with Crippen molar-refractivity contribution in [3.63, 3.8) is 0 Å². The minimum absolute atomic E-state index is 0.213. The Hall–Kier alpha value is -2.46. The fourth-order valence-corrected chi connectivity index (χ4v) is 5.04. The van der Waals surface area contributed by atoms with Gasteiger partial charge in [-0.05, 0) is 50.3 Å². The lowest BCUT2D eigenvalue weighted by Gasteiger charge is -2.35. The first-order valence-electron chi connectivity index (χ1n) is 11.1. The summed E-state index contributed by atoms with van der Waals surface area (Å²) in [4.78, 5) is 37.4. The maximum absolute atomic E-state index is 12.9. The van der Waals surface area contributed by atoms with Crippen molar-refractivity contribution < 1.29 is 42.1 Å². The second kappa shape index (κ2) is 12.3. The molecule has 0 saturated heterocycles. The quantitative estimate of drug-likeness (QED) is 0.246. The molecule has 0 fully saturated rings. The Balaban J connectivity index is 2.91. The number of sulfone groups is 1. The topological polar surface area (TPSA) is 133 Å². The van der Waals surface area contributed by atoms with Gasteiger partial charge in [0, 0.05) is 0 Å². The van der Waals surface area contributed by atoms with Crippen LogP contribution in [0.3, 0.4) is 0 Å². The molecule has 0 aliphatic carbocycles. The number of carbonyl (C=O) groups excluding carboxylic acids is 3. The summed E-state index contributed by atoms with van der Waals surface area (Å²) < 4.78 is 38.8. The van der Waals surface area contributed by atoms with Crippen LogP contribution in [0, 0.1) is 5.41 Å². The van der Waals surface area contributed by atoms with E-state index in [9.17, 15) is 27.9 Å². The maximum atomic E-state index is 12.9. The van der Waals surface area contributed by atoms with Crippen LogP contribution in [0.2, 0.25) is 0 Å². The molecule has 0 spiro atoms. The highest BCUT2D eigenvalue weighted by Crippen LogP contribution is 2.38. The number of hydrogen-bond acceptors (Lipinski definition) is 9. The zero-order valence-electron chi connectivity index (χ0n) is 20.8. The van der Waals surface area contributed by atoms with Crippen molar-refractivity contribution in [3.8, 4) is 0 Å². The third-order valence-electron chi connectivity index (χ3n) is 6.03. The Kier molecular flexibility index (Phi) is 10.7. The standard InChI is InChI=1S/C24H36O9S/c1-7-23(4,21(27)31-6)16-24(5,34(29,30)15-12-25)22(28)33-14-13-32-20(26)19-10-8-18(9-11-19)17(2)3/h8-11,17,25H,7,12-16H2,1-6H3. The molecule has 0 bridgehead atoms. The van der Waals surface area contributed by atoms with Crippen LogP contribution in [-0.2, 0) is 33.6 Å². The number of aliphatic hydroxyl groups is 1. The smallest absolute Gasteiger partial charge is 0.338 e. The highest BCUT2D eigenvalue weighted by molar-refractivity contribution is 7.93. The van der Waals surface area contributed by atoms with Gasteiger partial charge in [0.2, 0.25) is 0 Å². The summed E-state index contributed by atoms with van der Waals surface area (Å²) >= 11 is 0. The van der Waals surface area contributed by atoms with Crippen molar-refractivity contribution in [2.24, 2.45) is 5.41 Å². The first kappa shape index (κ1) is 29.6. The third-order valence-corrected chi connectivity index (χ3v) is 8.43. The minimum atomic E-state index is -4.20. The van der Waals surface area contributed by atoms with Crippen molar-refractivity contribution in [1.82, 2.24) is 0 Å². The number of hydrogen-bond donors (Lipinski definition) is 1. The Labute approximate surface area is 201 Å². The molecule has 192 valence electrons. The molecule has 9 nitrogen and oxygen atoms in total. The van der Waals surface area contributed by atoms with Gasteiger partial charge in [-0.2, -0.15) is 0 Å². The highest BCUT2D eigenvalue weighted by atomic mass is 32.2. The van der Waals surface area contributed by atoms with Gasteiger partial charge in [0.25, 0.3) is 0 Å². The lowest BCUT2D eigenvalue weighted by atomic mass is 9.79. The molecule has 1 aromatic carbocycles. The van der Waals surface area contributed by atoms with Gasteiger partial charge in [0.15, 0.2) is 14.6 Å². The lowest BCUT2D eigenvalue weighted by Crippen LogP contribution is -2.51. The average molecular weight is 501 g/mol. The number of rotatable bonds is 13. The minimum Gasteiger partial charge on any atom is -0.469 e. The normalized spacial score (nSPS) is 15.2. The van der Waals surface area contributed by atoms with Gasteiger partial charge in [-0.1, -0.05) is 32.9 Å². The van der Waals surface area contributed by atoms with E-state index in [2.05, 4.69) is 0 Å². The van der Waals surface area contributed by atoms with Crippen LogP contribution in [0.5, 0.6) is 0 Å². The van der Waals surface area contributed by atoms with E-state index in [1.54, 1.807) is 19.1 Å². The number of esters is 3. The molecule has 2 atom stereocenters. The summed E-state index contributed by atoms with van der Waals surface area (Å²) in [6.45, 7) is 7.06. The molecular formula is C24H36O9S. The van der Waals surface area contributed by atoms with Crippen LogP contribution in [0.15, 0.2) is 24.3 Å². The maximum Gasteiger partial charge on any atom is 0.338 e. The molecule has 0 aromatic heterocycles. The monoisotopic (exact) mass is 500 g/mol. The highest BCUT2D eigenvalue weighted by Gasteiger charge is 2.53. The van der Waals surface area contributed by atoms with E-state index in [-0.39, 0.29) is 19.6 Å². The number of benzene rings is 1. The Morgan fingerprint density at radius 1 is 1.00 bits per heavy atom. The van der Waals surface area contributed by atoms with Gasteiger partial charge in [-0.15, -0.1) is 0 Å². The molecule has 2 unspecified atom stereocenters. The molecule has 0 aliphatic rings. The van der Waals surface area contributed by atoms with Crippen LogP contribution in [0.4, 0.5) is 0 Å². The number of aliphatic hydroxyl groups excluding tert-OH is 1. The van der Waals surface area contributed by atoms with Crippen molar-refractivity contribution in [2.75, 3.05) is 32.7 Å². The Bertz CT molecular complexity index is 953. The molecular weight excluding hydrogens is 464 g/mol. The second-order valence-electron chi connectivity index (χ2n) is 8.90. The fourth-order valence-electron chi connectivity index (χ4n) is 3.50. The molecule has 0 radical (unpaired) electrons. The Morgan fingerprint density at radius 2 is 1.56 bits per heavy atom. The fraction of sp³-hybridized carbons (Fsp3) is 0.625. The SMILES string of the molecule is CCC(C)(CC(C)(C(=O)OCCOC(=O)c1ccc(C(C)C)cc1)S(=O)(=O)CCO)C(=O)OC. The summed E-state index contributed by atoms with van der Waals surface area (Å²) in [5.74, 6) is -2.73. The molecule has 1 rings (SSSR count). The number of methoxy groups -OCH3 is 1. The molecule has 1 N–H and O–H groups in total. The summed E-state index contributed by atoms with van der Waals surface area (Å²) in [6.07, 6.45) is -0.184. The van der Waals surface area contributed by atoms with E-state index in [1.807, 2.05) is 26.0 Å². The van der Waals surface area contributed by atoms with Crippen LogP contribution >= 0.6 is 0 Å². The van der Waals surface area contributed by atoms with Crippen molar-refractivity contribution >= 4 is 27.7 Å². The average Bonchev–Trinajstić information content (AvgIpc) is 2.80. The van der Waals surface area contributed by atoms with Gasteiger partial charge in [-0.25, -0.2) is 13.2 Å². The van der Waals surface area contributed by atoms with Crippen LogP contribution in [0.25, 0.3) is 0 Å². The molecule has 0 saturated carbocycles. The zero-order valence-corrected chi connectivity index (χ0v) is 21.6. The van der Waals surface area contributed by atoms with Crippen LogP contribution in [0.1, 0.15) is 69.3 Å². The van der Waals surface area contributed by atoms with Gasteiger partial charge >= 0.3 is 17.9 Å². The van der Waals surface area contributed by atoms with E-state index in [1.165, 1.54) is 21.0 Å². The first-order valence-corrected chi connectivity index (χ1v) is 12.8. The molecule has 1 aromatic rings. The first-order chi connectivity index (χ1) is 15.8. The van der Waals surface area contributed by atoms with Crippen LogP contribution < -0.4 is 0 Å². The van der Waals surface area contributed by atoms with E-state index < -0.39 is 56.7 Å². The van der Waals surface area contributed by atoms with Gasteiger partial charge in [0.05, 0.1) is 30.4 Å². The molecule has 0 aliphatic heterocycles. The van der Waals surface area contributed by atoms with E-state index in [4.69, 9.17) is 14.2 Å². The summed E-state index contributed by atoms with van der Waals surface area (Å²) in [7, 11) is -3.02. The predicted octanol–water partition coefficient (Wildman–Crippen LogP) is 2.66. The van der Waals surface area contributed by atoms with Gasteiger partial charge in [0.1, 0.15) is 13.2 Å². The molecule has 10 heteroatoms. The molecule has 34 heavy (non-hydrogen) atoms. The summed E-state index contributed by atoms with van der Waals surface area (Å²) in [6, 6.07) is 6.93. The molecule has 0 heterocycles. The van der Waals surface area contributed by atoms with E-state index in [0.29, 0.717) is 11.5 Å². The number of carbonyl (C=O) groups is 3. The molecule has 0 amide bonds.